The molecule has 5 heteroatoms. The highest BCUT2D eigenvalue weighted by atomic mass is 16.2. The van der Waals surface area contributed by atoms with Crippen molar-refractivity contribution in [1.29, 1.82) is 0 Å². The lowest BCUT2D eigenvalue weighted by Crippen LogP contribution is -2.49. The molecule has 1 aromatic carbocycles. The van der Waals surface area contributed by atoms with E-state index in [0.29, 0.717) is 36.2 Å². The van der Waals surface area contributed by atoms with Gasteiger partial charge in [-0.15, -0.1) is 13.2 Å². The van der Waals surface area contributed by atoms with Gasteiger partial charge in [0.1, 0.15) is 0 Å². The normalized spacial score (nSPS) is 23.9. The van der Waals surface area contributed by atoms with Crippen LogP contribution < -0.4 is 5.32 Å². The molecule has 148 valence electrons. The summed E-state index contributed by atoms with van der Waals surface area (Å²) < 4.78 is 0. The van der Waals surface area contributed by atoms with Crippen LogP contribution >= 0.6 is 0 Å². The Balaban J connectivity index is 1.39. The maximum atomic E-state index is 12.9. The summed E-state index contributed by atoms with van der Waals surface area (Å²) in [5.74, 6) is -0.0681. The van der Waals surface area contributed by atoms with Gasteiger partial charge in [-0.1, -0.05) is 12.2 Å². The number of fused-ring (bicyclic) bond motifs is 2. The number of piperidine rings is 1. The predicted octanol–water partition coefficient (Wildman–Crippen LogP) is 4.44. The van der Waals surface area contributed by atoms with Crippen LogP contribution in [0.2, 0.25) is 0 Å². The van der Waals surface area contributed by atoms with E-state index in [-0.39, 0.29) is 11.9 Å². The third kappa shape index (κ3) is 3.58. The van der Waals surface area contributed by atoms with Crippen molar-refractivity contribution < 1.29 is 9.59 Å². The van der Waals surface area contributed by atoms with Gasteiger partial charge in [0.15, 0.2) is 0 Å². The van der Waals surface area contributed by atoms with Crippen molar-refractivity contribution in [2.45, 2.75) is 50.6 Å². The number of nitrogens with zero attached hydrogens (tertiary/aromatic N) is 2. The minimum Gasteiger partial charge on any atom is -0.331 e. The van der Waals surface area contributed by atoms with E-state index >= 15 is 0 Å². The van der Waals surface area contributed by atoms with E-state index in [0.717, 1.165) is 18.5 Å². The molecule has 2 unspecified atom stereocenters. The highest BCUT2D eigenvalue weighted by Crippen LogP contribution is 2.59. The van der Waals surface area contributed by atoms with Crippen LogP contribution in [0.5, 0.6) is 0 Å². The molecule has 28 heavy (non-hydrogen) atoms. The SMILES string of the molecule is C=CCN(CC=C)C(=O)c1ccc(NC(=O)N2C3CCC2CC2(CC2)C3)cc1. The topological polar surface area (TPSA) is 52.7 Å². The Kier molecular flexibility index (Phi) is 5.00. The quantitative estimate of drug-likeness (QED) is 0.743. The van der Waals surface area contributed by atoms with Crippen LogP contribution in [-0.4, -0.2) is 46.9 Å². The number of hydrogen-bond acceptors (Lipinski definition) is 2. The van der Waals surface area contributed by atoms with Gasteiger partial charge >= 0.3 is 6.03 Å². The minimum atomic E-state index is -0.0681. The molecule has 3 fully saturated rings. The fourth-order valence-corrected chi connectivity index (χ4v) is 4.98. The zero-order valence-corrected chi connectivity index (χ0v) is 16.4. The van der Waals surface area contributed by atoms with E-state index in [1.54, 1.807) is 41.3 Å². The molecule has 2 aliphatic heterocycles. The molecule has 2 heterocycles. The van der Waals surface area contributed by atoms with Crippen molar-refractivity contribution in [3.63, 3.8) is 0 Å². The molecule has 1 aromatic rings. The molecule has 5 nitrogen and oxygen atoms in total. The highest BCUT2D eigenvalue weighted by molar-refractivity contribution is 5.96. The van der Waals surface area contributed by atoms with Gasteiger partial charge in [-0.05, 0) is 68.2 Å². The summed E-state index contributed by atoms with van der Waals surface area (Å²) >= 11 is 0. The predicted molar refractivity (Wildman–Crippen MR) is 111 cm³/mol. The molecular formula is C23H29N3O2. The highest BCUT2D eigenvalue weighted by Gasteiger charge is 2.55. The van der Waals surface area contributed by atoms with Gasteiger partial charge in [0.05, 0.1) is 0 Å². The van der Waals surface area contributed by atoms with Gasteiger partial charge in [-0.2, -0.15) is 0 Å². The van der Waals surface area contributed by atoms with Crippen molar-refractivity contribution in [3.05, 3.63) is 55.1 Å². The Bertz CT molecular complexity index is 756. The molecule has 0 aromatic heterocycles. The van der Waals surface area contributed by atoms with Gasteiger partial charge in [0.25, 0.3) is 5.91 Å². The number of carbonyl (C=O) groups excluding carboxylic acids is 2. The zero-order valence-electron chi connectivity index (χ0n) is 16.4. The molecule has 3 aliphatic rings. The fourth-order valence-electron chi connectivity index (χ4n) is 4.98. The van der Waals surface area contributed by atoms with Crippen LogP contribution in [0.3, 0.4) is 0 Å². The maximum Gasteiger partial charge on any atom is 0.322 e. The first kappa shape index (κ1) is 18.8. The summed E-state index contributed by atoms with van der Waals surface area (Å²) in [6, 6.07) is 7.94. The average molecular weight is 380 g/mol. The van der Waals surface area contributed by atoms with E-state index < -0.39 is 0 Å². The first-order valence-corrected chi connectivity index (χ1v) is 10.3. The van der Waals surface area contributed by atoms with Crippen molar-refractivity contribution >= 4 is 17.6 Å². The van der Waals surface area contributed by atoms with E-state index in [4.69, 9.17) is 0 Å². The van der Waals surface area contributed by atoms with Gasteiger partial charge in [0.2, 0.25) is 0 Å². The van der Waals surface area contributed by atoms with Crippen LogP contribution in [-0.2, 0) is 0 Å². The van der Waals surface area contributed by atoms with Crippen LogP contribution in [0.15, 0.2) is 49.6 Å². The molecule has 2 atom stereocenters. The Morgan fingerprint density at radius 1 is 1.07 bits per heavy atom. The Morgan fingerprint density at radius 2 is 1.64 bits per heavy atom. The van der Waals surface area contributed by atoms with Gasteiger partial charge in [-0.25, -0.2) is 4.79 Å². The molecule has 3 amide bonds. The van der Waals surface area contributed by atoms with E-state index in [1.807, 2.05) is 0 Å². The third-order valence-electron chi connectivity index (χ3n) is 6.52. The second-order valence-corrected chi connectivity index (χ2v) is 8.50. The summed E-state index contributed by atoms with van der Waals surface area (Å²) in [5, 5.41) is 3.04. The second kappa shape index (κ2) is 7.46. The number of benzene rings is 1. The van der Waals surface area contributed by atoms with Gasteiger partial charge in [0, 0.05) is 36.4 Å². The van der Waals surface area contributed by atoms with Crippen molar-refractivity contribution in [1.82, 2.24) is 9.80 Å². The minimum absolute atomic E-state index is 0.00187. The number of anilines is 1. The molecular weight excluding hydrogens is 350 g/mol. The summed E-state index contributed by atoms with van der Waals surface area (Å²) in [5.41, 5.74) is 1.88. The largest absolute Gasteiger partial charge is 0.331 e. The molecule has 1 spiro atoms. The molecule has 1 aliphatic carbocycles. The molecule has 4 rings (SSSR count). The van der Waals surface area contributed by atoms with Crippen LogP contribution in [0.25, 0.3) is 0 Å². The Labute approximate surface area is 167 Å². The van der Waals surface area contributed by atoms with Crippen molar-refractivity contribution in [3.8, 4) is 0 Å². The molecule has 2 bridgehead atoms. The maximum absolute atomic E-state index is 12.9. The zero-order chi connectivity index (χ0) is 19.7. The average Bonchev–Trinajstić information content (AvgIpc) is 3.37. The third-order valence-corrected chi connectivity index (χ3v) is 6.52. The number of urea groups is 1. The van der Waals surface area contributed by atoms with Gasteiger partial charge in [-0.3, -0.25) is 4.79 Å². The summed E-state index contributed by atoms with van der Waals surface area (Å²) in [7, 11) is 0. The Hall–Kier alpha value is -2.56. The number of nitrogens with one attached hydrogen (secondary N) is 1. The van der Waals surface area contributed by atoms with Crippen LogP contribution in [0, 0.1) is 5.41 Å². The summed E-state index contributed by atoms with van der Waals surface area (Å²) in [6.07, 6.45) is 10.7. The first-order chi connectivity index (χ1) is 13.5. The second-order valence-electron chi connectivity index (χ2n) is 8.50. The number of amides is 3. The standard InChI is InChI=1S/C23H29N3O2/c1-3-13-25(14-4-2)21(27)17-5-7-18(8-6-17)24-22(28)26-19-9-10-20(26)16-23(15-19)11-12-23/h3-8,19-20H,1-2,9-16H2,(H,24,28). The molecule has 2 saturated heterocycles. The summed E-state index contributed by atoms with van der Waals surface area (Å²) in [4.78, 5) is 29.2. The lowest BCUT2D eigenvalue weighted by Gasteiger charge is -2.39. The molecule has 1 saturated carbocycles. The molecule has 1 N–H and O–H groups in total. The fraction of sp³-hybridized carbons (Fsp3) is 0.478. The van der Waals surface area contributed by atoms with Crippen LogP contribution in [0.4, 0.5) is 10.5 Å². The van der Waals surface area contributed by atoms with Crippen molar-refractivity contribution in [2.24, 2.45) is 5.41 Å². The van der Waals surface area contributed by atoms with Crippen molar-refractivity contribution in [2.75, 3.05) is 18.4 Å². The molecule has 0 radical (unpaired) electrons. The monoisotopic (exact) mass is 379 g/mol. The number of carbonyl (C=O) groups is 2. The smallest absolute Gasteiger partial charge is 0.322 e. The Morgan fingerprint density at radius 3 is 2.14 bits per heavy atom. The number of rotatable bonds is 6. The van der Waals surface area contributed by atoms with E-state index in [2.05, 4.69) is 23.4 Å². The van der Waals surface area contributed by atoms with Gasteiger partial charge < -0.3 is 15.1 Å². The van der Waals surface area contributed by atoms with E-state index in [1.165, 1.54) is 25.7 Å². The first-order valence-electron chi connectivity index (χ1n) is 10.3. The number of hydrogen-bond donors (Lipinski definition) is 1. The van der Waals surface area contributed by atoms with Crippen LogP contribution in [0.1, 0.15) is 48.9 Å². The summed E-state index contributed by atoms with van der Waals surface area (Å²) in [6.45, 7) is 8.35. The lowest BCUT2D eigenvalue weighted by atomic mass is 9.88. The van der Waals surface area contributed by atoms with E-state index in [9.17, 15) is 9.59 Å². The lowest BCUT2D eigenvalue weighted by molar-refractivity contribution is 0.0791.